The highest BCUT2D eigenvalue weighted by Gasteiger charge is 2.25. The van der Waals surface area contributed by atoms with E-state index < -0.39 is 0 Å². The molecule has 0 fully saturated rings. The summed E-state index contributed by atoms with van der Waals surface area (Å²) < 4.78 is 8.39. The van der Waals surface area contributed by atoms with Crippen molar-refractivity contribution < 1.29 is 9.84 Å². The lowest BCUT2D eigenvalue weighted by Gasteiger charge is -2.23. The second-order valence-corrected chi connectivity index (χ2v) is 8.23. The molecule has 2 aromatic carbocycles. The topological polar surface area (TPSA) is 75.4 Å². The zero-order chi connectivity index (χ0) is 22.6. The molecule has 1 unspecified atom stereocenters. The monoisotopic (exact) mass is 441 g/mol. The number of nitrogens with one attached hydrogen (secondary N) is 1. The van der Waals surface area contributed by atoms with E-state index in [1.807, 2.05) is 78.6 Å². The Balaban J connectivity index is 1.37. The first kappa shape index (κ1) is 21.2. The molecule has 0 aliphatic carbocycles. The van der Waals surface area contributed by atoms with Crippen LogP contribution in [0.1, 0.15) is 22.9 Å². The fourth-order valence-corrected chi connectivity index (χ4v) is 4.05. The second-order valence-electron chi connectivity index (χ2n) is 8.23. The van der Waals surface area contributed by atoms with Gasteiger partial charge in [0.25, 0.3) is 0 Å². The average molecular weight is 442 g/mol. The Bertz CT molecular complexity index is 1210. The van der Waals surface area contributed by atoms with Crippen molar-refractivity contribution in [1.29, 1.82) is 0 Å². The van der Waals surface area contributed by atoms with E-state index in [4.69, 9.17) is 9.72 Å². The van der Waals surface area contributed by atoms with Crippen LogP contribution in [0, 0.1) is 6.92 Å². The van der Waals surface area contributed by atoms with Crippen LogP contribution in [-0.4, -0.2) is 44.2 Å². The van der Waals surface area contributed by atoms with E-state index in [1.165, 1.54) is 0 Å². The lowest BCUT2D eigenvalue weighted by Crippen LogP contribution is -2.30. The number of aliphatic hydroxyl groups is 1. The molecule has 1 aliphatic heterocycles. The van der Waals surface area contributed by atoms with Crippen LogP contribution >= 0.6 is 0 Å². The number of imidazole rings is 1. The number of aliphatic hydroxyl groups excluding tert-OH is 1. The number of hydrogen-bond acceptors (Lipinski definition) is 6. The standard InChI is InChI=1S/C26H27N5O2/c1-19-15-31(18-27-19)23-10-8-22(9-11-23)28-25-12-7-21-16-30(13-14-32)17-24(33-26(21)29-25)20-5-3-2-4-6-20/h2-12,15,18,24,32H,13-14,16-17H2,1H3,(H,28,29). The predicted octanol–water partition coefficient (Wildman–Crippen LogP) is 4.25. The molecule has 4 aromatic rings. The Morgan fingerprint density at radius 1 is 1.06 bits per heavy atom. The number of aryl methyl sites for hydroxylation is 1. The first-order valence-electron chi connectivity index (χ1n) is 11.1. The molecule has 0 radical (unpaired) electrons. The zero-order valence-corrected chi connectivity index (χ0v) is 18.6. The van der Waals surface area contributed by atoms with Crippen LogP contribution < -0.4 is 10.1 Å². The van der Waals surface area contributed by atoms with Crippen molar-refractivity contribution >= 4 is 11.5 Å². The number of nitrogens with zero attached hydrogens (tertiary/aromatic N) is 4. The summed E-state index contributed by atoms with van der Waals surface area (Å²) in [6, 6.07) is 22.3. The minimum atomic E-state index is -0.153. The van der Waals surface area contributed by atoms with Gasteiger partial charge in [-0.25, -0.2) is 4.98 Å². The summed E-state index contributed by atoms with van der Waals surface area (Å²) in [7, 11) is 0. The summed E-state index contributed by atoms with van der Waals surface area (Å²) >= 11 is 0. The van der Waals surface area contributed by atoms with Gasteiger partial charge in [0.05, 0.1) is 18.6 Å². The molecule has 33 heavy (non-hydrogen) atoms. The second kappa shape index (κ2) is 9.44. The summed E-state index contributed by atoms with van der Waals surface area (Å²) in [4.78, 5) is 11.3. The van der Waals surface area contributed by atoms with Crippen LogP contribution in [0.5, 0.6) is 5.88 Å². The Morgan fingerprint density at radius 2 is 1.88 bits per heavy atom. The van der Waals surface area contributed by atoms with Gasteiger partial charge in [0.2, 0.25) is 5.88 Å². The van der Waals surface area contributed by atoms with Crippen molar-refractivity contribution in [3.8, 4) is 11.6 Å². The van der Waals surface area contributed by atoms with Gasteiger partial charge in [-0.1, -0.05) is 30.3 Å². The molecule has 3 heterocycles. The molecular weight excluding hydrogens is 414 g/mol. The van der Waals surface area contributed by atoms with Gasteiger partial charge in [0, 0.05) is 42.8 Å². The van der Waals surface area contributed by atoms with Gasteiger partial charge in [-0.3, -0.25) is 4.90 Å². The fourth-order valence-electron chi connectivity index (χ4n) is 4.05. The normalized spacial score (nSPS) is 16.0. The maximum absolute atomic E-state index is 9.50. The molecule has 7 heteroatoms. The minimum Gasteiger partial charge on any atom is -0.468 e. The number of benzene rings is 2. The third-order valence-electron chi connectivity index (χ3n) is 5.75. The highest BCUT2D eigenvalue weighted by Crippen LogP contribution is 2.31. The van der Waals surface area contributed by atoms with Gasteiger partial charge in [0.1, 0.15) is 11.9 Å². The number of ether oxygens (including phenoxy) is 1. The van der Waals surface area contributed by atoms with Gasteiger partial charge in [-0.2, -0.15) is 4.98 Å². The molecule has 0 bridgehead atoms. The third-order valence-corrected chi connectivity index (χ3v) is 5.75. The first-order valence-corrected chi connectivity index (χ1v) is 11.1. The van der Waals surface area contributed by atoms with Crippen molar-refractivity contribution in [1.82, 2.24) is 19.4 Å². The van der Waals surface area contributed by atoms with Gasteiger partial charge in [-0.05, 0) is 48.9 Å². The Labute approximate surface area is 193 Å². The van der Waals surface area contributed by atoms with Gasteiger partial charge < -0.3 is 19.7 Å². The van der Waals surface area contributed by atoms with E-state index in [9.17, 15) is 5.11 Å². The summed E-state index contributed by atoms with van der Waals surface area (Å²) in [6.45, 7) is 4.06. The minimum absolute atomic E-state index is 0.110. The van der Waals surface area contributed by atoms with Crippen molar-refractivity contribution in [2.24, 2.45) is 0 Å². The van der Waals surface area contributed by atoms with Gasteiger partial charge in [0.15, 0.2) is 0 Å². The highest BCUT2D eigenvalue weighted by molar-refractivity contribution is 5.59. The summed E-state index contributed by atoms with van der Waals surface area (Å²) in [5, 5.41) is 12.9. The molecule has 1 aliphatic rings. The van der Waals surface area contributed by atoms with Crippen molar-refractivity contribution in [2.45, 2.75) is 19.6 Å². The number of anilines is 2. The number of aromatic nitrogens is 3. The molecule has 0 saturated carbocycles. The molecular formula is C26H27N5O2. The van der Waals surface area contributed by atoms with E-state index in [-0.39, 0.29) is 12.7 Å². The largest absolute Gasteiger partial charge is 0.468 e. The summed E-state index contributed by atoms with van der Waals surface area (Å²) in [5.41, 5.74) is 5.09. The maximum Gasteiger partial charge on any atom is 0.220 e. The molecule has 2 N–H and O–H groups in total. The zero-order valence-electron chi connectivity index (χ0n) is 18.6. The summed E-state index contributed by atoms with van der Waals surface area (Å²) in [5.74, 6) is 1.35. The smallest absolute Gasteiger partial charge is 0.220 e. The van der Waals surface area contributed by atoms with Crippen LogP contribution in [0.2, 0.25) is 0 Å². The number of fused-ring (bicyclic) bond motifs is 1. The molecule has 2 aromatic heterocycles. The van der Waals surface area contributed by atoms with Crippen LogP contribution in [0.3, 0.4) is 0 Å². The fraction of sp³-hybridized carbons (Fsp3) is 0.231. The molecule has 0 saturated heterocycles. The van der Waals surface area contributed by atoms with Crippen LogP contribution in [0.15, 0.2) is 79.3 Å². The Hall–Kier alpha value is -3.68. The Kier molecular flexibility index (Phi) is 6.06. The van der Waals surface area contributed by atoms with E-state index >= 15 is 0 Å². The molecule has 168 valence electrons. The first-order chi connectivity index (χ1) is 16.2. The Morgan fingerprint density at radius 3 is 2.61 bits per heavy atom. The number of β-amino-alcohol motifs (C(OH)–C–C–N with tert-alkyl or cyclic N) is 1. The molecule has 0 spiro atoms. The van der Waals surface area contributed by atoms with E-state index in [0.717, 1.165) is 34.0 Å². The van der Waals surface area contributed by atoms with Crippen molar-refractivity contribution in [3.05, 3.63) is 96.1 Å². The average Bonchev–Trinajstić information content (AvgIpc) is 3.18. The summed E-state index contributed by atoms with van der Waals surface area (Å²) in [6.07, 6.45) is 3.66. The predicted molar refractivity (Wildman–Crippen MR) is 128 cm³/mol. The SMILES string of the molecule is Cc1cn(-c2ccc(Nc3ccc4c(n3)OC(c3ccccc3)CN(CCO)C4)cc2)cn1. The number of pyridine rings is 1. The number of rotatable bonds is 6. The number of hydrogen-bond donors (Lipinski definition) is 2. The highest BCUT2D eigenvalue weighted by atomic mass is 16.5. The molecule has 0 amide bonds. The maximum atomic E-state index is 9.50. The van der Waals surface area contributed by atoms with Gasteiger partial charge in [-0.15, -0.1) is 0 Å². The van der Waals surface area contributed by atoms with Crippen LogP contribution in [0.25, 0.3) is 5.69 Å². The van der Waals surface area contributed by atoms with E-state index in [2.05, 4.69) is 27.3 Å². The molecule has 1 atom stereocenters. The van der Waals surface area contributed by atoms with Crippen molar-refractivity contribution in [2.75, 3.05) is 25.0 Å². The van der Waals surface area contributed by atoms with Crippen molar-refractivity contribution in [3.63, 3.8) is 0 Å². The molecule has 7 nitrogen and oxygen atoms in total. The van der Waals surface area contributed by atoms with E-state index in [1.54, 1.807) is 0 Å². The van der Waals surface area contributed by atoms with Crippen LogP contribution in [-0.2, 0) is 6.54 Å². The molecule has 5 rings (SSSR count). The quantitative estimate of drug-likeness (QED) is 0.466. The van der Waals surface area contributed by atoms with Crippen LogP contribution in [0.4, 0.5) is 11.5 Å². The third kappa shape index (κ3) is 4.89. The lowest BCUT2D eigenvalue weighted by atomic mass is 10.1. The van der Waals surface area contributed by atoms with Gasteiger partial charge >= 0.3 is 0 Å². The lowest BCUT2D eigenvalue weighted by molar-refractivity contribution is 0.126. The van der Waals surface area contributed by atoms with E-state index in [0.29, 0.717) is 25.5 Å².